The van der Waals surface area contributed by atoms with E-state index in [-0.39, 0.29) is 30.9 Å². The number of nitrogens with zero attached hydrogens (tertiary/aromatic N) is 2. The molecule has 9 heteroatoms. The molecule has 0 aliphatic carbocycles. The molecule has 0 aromatic heterocycles. The molecule has 162 valence electrons. The summed E-state index contributed by atoms with van der Waals surface area (Å²) >= 11 is 0. The number of nitro groups is 1. The van der Waals surface area contributed by atoms with Crippen LogP contribution in [-0.4, -0.2) is 46.5 Å². The number of rotatable bonds is 8. The van der Waals surface area contributed by atoms with Gasteiger partial charge in [0.1, 0.15) is 17.4 Å². The standard InChI is InChI=1S/C22H22N2O7/c1-14-8-19(22(26)27)23(11-14)21(25)17-10-20(30-2)16(9-18(17)24(28)29)13-31-12-15-6-4-3-5-7-15/h3-7,9-10,19H,1,8,11-13H2,2H3,(H,26,27)/t19-/m0/s1. The summed E-state index contributed by atoms with van der Waals surface area (Å²) in [4.78, 5) is 36.7. The minimum absolute atomic E-state index is 0.0250. The van der Waals surface area contributed by atoms with Crippen LogP contribution in [0.3, 0.4) is 0 Å². The molecule has 1 aliphatic rings. The lowest BCUT2D eigenvalue weighted by atomic mass is 10.1. The molecule has 1 fully saturated rings. The van der Waals surface area contributed by atoms with Crippen molar-refractivity contribution in [3.8, 4) is 5.75 Å². The topological polar surface area (TPSA) is 119 Å². The SMILES string of the molecule is C=C1C[C@@H](C(=O)O)N(C(=O)c2cc(OC)c(COCc3ccccc3)cc2[N+](=O)[O-])C1. The van der Waals surface area contributed by atoms with E-state index < -0.39 is 28.5 Å². The second kappa shape index (κ2) is 9.40. The third-order valence-electron chi connectivity index (χ3n) is 4.99. The fraction of sp³-hybridized carbons (Fsp3) is 0.273. The number of hydrogen-bond donors (Lipinski definition) is 1. The summed E-state index contributed by atoms with van der Waals surface area (Å²) in [5.74, 6) is -1.70. The second-order valence-corrected chi connectivity index (χ2v) is 7.16. The molecule has 1 saturated heterocycles. The largest absolute Gasteiger partial charge is 0.496 e. The van der Waals surface area contributed by atoms with Crippen LogP contribution in [0.4, 0.5) is 5.69 Å². The fourth-order valence-corrected chi connectivity index (χ4v) is 3.48. The van der Waals surface area contributed by atoms with Gasteiger partial charge < -0.3 is 19.5 Å². The van der Waals surface area contributed by atoms with E-state index in [1.165, 1.54) is 19.2 Å². The number of aliphatic carboxylic acids is 1. The first-order valence-electron chi connectivity index (χ1n) is 9.49. The van der Waals surface area contributed by atoms with E-state index in [2.05, 4.69) is 6.58 Å². The molecule has 0 unspecified atom stereocenters. The van der Waals surface area contributed by atoms with Crippen molar-refractivity contribution < 1.29 is 29.1 Å². The van der Waals surface area contributed by atoms with E-state index in [0.717, 1.165) is 10.5 Å². The van der Waals surface area contributed by atoms with Crippen LogP contribution in [-0.2, 0) is 22.7 Å². The number of amides is 1. The molecule has 1 heterocycles. The number of carboxylic acids is 1. The predicted molar refractivity (Wildman–Crippen MR) is 111 cm³/mol. The Morgan fingerprint density at radius 1 is 1.26 bits per heavy atom. The molecule has 0 radical (unpaired) electrons. The number of benzene rings is 2. The zero-order valence-corrected chi connectivity index (χ0v) is 16.9. The van der Waals surface area contributed by atoms with Gasteiger partial charge in [-0.3, -0.25) is 14.9 Å². The summed E-state index contributed by atoms with van der Waals surface area (Å²) in [6.07, 6.45) is 0.109. The van der Waals surface area contributed by atoms with Crippen LogP contribution >= 0.6 is 0 Å². The predicted octanol–water partition coefficient (Wildman–Crippen LogP) is 3.18. The lowest BCUT2D eigenvalue weighted by Gasteiger charge is -2.21. The maximum Gasteiger partial charge on any atom is 0.326 e. The molecule has 1 aliphatic heterocycles. The van der Waals surface area contributed by atoms with Gasteiger partial charge in [-0.05, 0) is 5.56 Å². The first kappa shape index (κ1) is 22.0. The summed E-state index contributed by atoms with van der Waals surface area (Å²) in [6.45, 7) is 4.10. The van der Waals surface area contributed by atoms with E-state index in [4.69, 9.17) is 9.47 Å². The molecule has 1 N–H and O–H groups in total. The van der Waals surface area contributed by atoms with E-state index in [1.54, 1.807) is 0 Å². The van der Waals surface area contributed by atoms with E-state index >= 15 is 0 Å². The van der Waals surface area contributed by atoms with E-state index in [1.807, 2.05) is 30.3 Å². The van der Waals surface area contributed by atoms with Crippen LogP contribution in [0.25, 0.3) is 0 Å². The first-order chi connectivity index (χ1) is 14.8. The Morgan fingerprint density at radius 2 is 1.97 bits per heavy atom. The first-order valence-corrected chi connectivity index (χ1v) is 9.49. The minimum Gasteiger partial charge on any atom is -0.496 e. The molecule has 3 rings (SSSR count). The van der Waals surface area contributed by atoms with Gasteiger partial charge in [0.05, 0.1) is 25.2 Å². The Balaban J connectivity index is 1.89. The Kier molecular flexibility index (Phi) is 6.66. The highest BCUT2D eigenvalue weighted by atomic mass is 16.6. The highest BCUT2D eigenvalue weighted by Gasteiger charge is 2.39. The zero-order valence-electron chi connectivity index (χ0n) is 16.9. The molecule has 9 nitrogen and oxygen atoms in total. The van der Waals surface area contributed by atoms with Crippen LogP contribution in [0.1, 0.15) is 27.9 Å². The van der Waals surface area contributed by atoms with Gasteiger partial charge in [0, 0.05) is 30.7 Å². The molecular formula is C22H22N2O7. The maximum absolute atomic E-state index is 13.0. The van der Waals surface area contributed by atoms with Crippen LogP contribution in [0.2, 0.25) is 0 Å². The van der Waals surface area contributed by atoms with Crippen LogP contribution < -0.4 is 4.74 Å². The number of likely N-dealkylation sites (tertiary alicyclic amines) is 1. The number of methoxy groups -OCH3 is 1. The van der Waals surface area contributed by atoms with Crippen molar-refractivity contribution in [1.82, 2.24) is 4.90 Å². The monoisotopic (exact) mass is 426 g/mol. The van der Waals surface area contributed by atoms with Crippen LogP contribution in [0.15, 0.2) is 54.6 Å². The Bertz CT molecular complexity index is 1020. The number of carboxylic acid groups (broad SMARTS) is 1. The Labute approximate surface area is 178 Å². The van der Waals surface area contributed by atoms with Crippen molar-refractivity contribution in [3.63, 3.8) is 0 Å². The Hall–Kier alpha value is -3.72. The summed E-state index contributed by atoms with van der Waals surface area (Å²) < 4.78 is 11.0. The lowest BCUT2D eigenvalue weighted by Crippen LogP contribution is -2.40. The number of carbonyl (C=O) groups excluding carboxylic acids is 1. The normalized spacial score (nSPS) is 15.7. The number of nitro benzene ring substituents is 1. The summed E-state index contributed by atoms with van der Waals surface area (Å²) in [5, 5.41) is 21.1. The highest BCUT2D eigenvalue weighted by molar-refractivity contribution is 6.01. The third kappa shape index (κ3) is 4.89. The molecule has 2 aromatic carbocycles. The Morgan fingerprint density at radius 3 is 2.58 bits per heavy atom. The average molecular weight is 426 g/mol. The molecule has 1 atom stereocenters. The van der Waals surface area contributed by atoms with Gasteiger partial charge >= 0.3 is 5.97 Å². The summed E-state index contributed by atoms with van der Waals surface area (Å²) in [7, 11) is 1.38. The van der Waals surface area contributed by atoms with Crippen molar-refractivity contribution in [2.75, 3.05) is 13.7 Å². The molecule has 2 aromatic rings. The minimum atomic E-state index is -1.19. The van der Waals surface area contributed by atoms with Crippen molar-refractivity contribution in [1.29, 1.82) is 0 Å². The van der Waals surface area contributed by atoms with Gasteiger partial charge in [-0.25, -0.2) is 4.79 Å². The van der Waals surface area contributed by atoms with Crippen LogP contribution in [0, 0.1) is 10.1 Å². The van der Waals surface area contributed by atoms with Gasteiger partial charge in [-0.1, -0.05) is 42.5 Å². The quantitative estimate of drug-likeness (QED) is 0.391. The molecule has 0 bridgehead atoms. The van der Waals surface area contributed by atoms with Crippen molar-refractivity contribution >= 4 is 17.6 Å². The molecule has 1 amide bonds. The van der Waals surface area contributed by atoms with E-state index in [0.29, 0.717) is 17.7 Å². The summed E-state index contributed by atoms with van der Waals surface area (Å²) in [6, 6.07) is 10.8. The number of carbonyl (C=O) groups is 2. The van der Waals surface area contributed by atoms with Crippen LogP contribution in [0.5, 0.6) is 5.75 Å². The van der Waals surface area contributed by atoms with Crippen molar-refractivity contribution in [2.45, 2.75) is 25.7 Å². The van der Waals surface area contributed by atoms with Gasteiger partial charge in [0.2, 0.25) is 0 Å². The van der Waals surface area contributed by atoms with Gasteiger partial charge in [-0.15, -0.1) is 0 Å². The van der Waals surface area contributed by atoms with Crippen molar-refractivity contribution in [3.05, 3.63) is 81.4 Å². The van der Waals surface area contributed by atoms with Gasteiger partial charge in [0.15, 0.2) is 0 Å². The zero-order chi connectivity index (χ0) is 22.5. The molecule has 0 saturated carbocycles. The fourth-order valence-electron chi connectivity index (χ4n) is 3.48. The molecule has 31 heavy (non-hydrogen) atoms. The number of ether oxygens (including phenoxy) is 2. The van der Waals surface area contributed by atoms with Gasteiger partial charge in [-0.2, -0.15) is 0 Å². The van der Waals surface area contributed by atoms with Gasteiger partial charge in [0.25, 0.3) is 11.6 Å². The smallest absolute Gasteiger partial charge is 0.326 e. The lowest BCUT2D eigenvalue weighted by molar-refractivity contribution is -0.385. The second-order valence-electron chi connectivity index (χ2n) is 7.16. The maximum atomic E-state index is 13.0. The molecule has 0 spiro atoms. The van der Waals surface area contributed by atoms with Crippen molar-refractivity contribution in [2.24, 2.45) is 0 Å². The van der Waals surface area contributed by atoms with E-state index in [9.17, 15) is 24.8 Å². The summed E-state index contributed by atoms with van der Waals surface area (Å²) in [5.41, 5.74) is 1.24. The average Bonchev–Trinajstić information content (AvgIpc) is 3.15. The third-order valence-corrected chi connectivity index (χ3v) is 4.99. The number of hydrogen-bond acceptors (Lipinski definition) is 6. The highest BCUT2D eigenvalue weighted by Crippen LogP contribution is 2.33. The molecular weight excluding hydrogens is 404 g/mol.